The molecule has 0 atom stereocenters. The van der Waals surface area contributed by atoms with Crippen molar-refractivity contribution in [2.75, 3.05) is 0 Å². The maximum absolute atomic E-state index is 4.44. The van der Waals surface area contributed by atoms with E-state index in [4.69, 9.17) is 0 Å². The summed E-state index contributed by atoms with van der Waals surface area (Å²) in [5, 5.41) is 0. The molecule has 0 aromatic carbocycles. The molecule has 0 N–H and O–H groups in total. The molecule has 13 heavy (non-hydrogen) atoms. The van der Waals surface area contributed by atoms with Gasteiger partial charge >= 0.3 is 0 Å². The first-order valence-electron chi connectivity index (χ1n) is 4.12. The van der Waals surface area contributed by atoms with Crippen LogP contribution in [-0.4, -0.2) is 14.4 Å². The molecule has 0 saturated heterocycles. The molecule has 3 heterocycles. The molecule has 0 unspecified atom stereocenters. The van der Waals surface area contributed by atoms with Crippen LogP contribution < -0.4 is 0 Å². The van der Waals surface area contributed by atoms with Gasteiger partial charge in [-0.15, -0.1) is 0 Å². The van der Waals surface area contributed by atoms with Gasteiger partial charge in [-0.2, -0.15) is 0 Å². The highest BCUT2D eigenvalue weighted by Gasteiger charge is 2.00. The minimum absolute atomic E-state index is 0.963. The average molecular weight is 169 g/mol. The number of rotatable bonds is 0. The summed E-state index contributed by atoms with van der Waals surface area (Å²) in [7, 11) is 0. The van der Waals surface area contributed by atoms with Crippen molar-refractivity contribution in [3.63, 3.8) is 0 Å². The Balaban J connectivity index is 2.64. The Morgan fingerprint density at radius 3 is 3.15 bits per heavy atom. The van der Waals surface area contributed by atoms with Crippen molar-refractivity contribution >= 4 is 16.7 Å². The third kappa shape index (κ3) is 0.839. The van der Waals surface area contributed by atoms with E-state index in [2.05, 4.69) is 9.97 Å². The monoisotopic (exact) mass is 169 g/mol. The van der Waals surface area contributed by atoms with Crippen LogP contribution in [0.5, 0.6) is 0 Å². The minimum atomic E-state index is 0.963. The number of imidazole rings is 1. The molecule has 0 fully saturated rings. The molecule has 3 aromatic heterocycles. The van der Waals surface area contributed by atoms with Gasteiger partial charge in [-0.3, -0.25) is 9.38 Å². The van der Waals surface area contributed by atoms with Gasteiger partial charge in [0.05, 0.1) is 17.2 Å². The zero-order valence-electron chi connectivity index (χ0n) is 6.88. The summed E-state index contributed by atoms with van der Waals surface area (Å²) in [6.45, 7) is 0. The second-order valence-electron chi connectivity index (χ2n) is 2.91. The highest BCUT2D eigenvalue weighted by molar-refractivity contribution is 5.79. The number of pyridine rings is 2. The number of nitrogens with zero attached hydrogens (tertiary/aromatic N) is 3. The quantitative estimate of drug-likeness (QED) is 0.514. The van der Waals surface area contributed by atoms with E-state index in [0.29, 0.717) is 0 Å². The Labute approximate surface area is 74.7 Å². The van der Waals surface area contributed by atoms with Crippen LogP contribution in [0.25, 0.3) is 16.7 Å². The van der Waals surface area contributed by atoms with Crippen LogP contribution in [0.1, 0.15) is 0 Å². The van der Waals surface area contributed by atoms with E-state index < -0.39 is 0 Å². The molecule has 0 radical (unpaired) electrons. The minimum Gasteiger partial charge on any atom is -0.298 e. The highest BCUT2D eigenvalue weighted by atomic mass is 15.0. The van der Waals surface area contributed by atoms with Gasteiger partial charge in [0.2, 0.25) is 0 Å². The topological polar surface area (TPSA) is 30.2 Å². The van der Waals surface area contributed by atoms with Crippen LogP contribution in [0, 0.1) is 0 Å². The van der Waals surface area contributed by atoms with Crippen molar-refractivity contribution in [3.8, 4) is 0 Å². The number of hydrogen-bond acceptors (Lipinski definition) is 2. The summed E-state index contributed by atoms with van der Waals surface area (Å²) in [4.78, 5) is 8.51. The fourth-order valence-electron chi connectivity index (χ4n) is 1.51. The van der Waals surface area contributed by atoms with Crippen LogP contribution in [0.4, 0.5) is 0 Å². The van der Waals surface area contributed by atoms with Gasteiger partial charge in [-0.05, 0) is 18.2 Å². The highest BCUT2D eigenvalue weighted by Crippen LogP contribution is 2.13. The molecule has 0 aliphatic rings. The van der Waals surface area contributed by atoms with Gasteiger partial charge in [0, 0.05) is 12.4 Å². The number of aromatic nitrogens is 3. The molecule has 0 aliphatic carbocycles. The summed E-state index contributed by atoms with van der Waals surface area (Å²) < 4.78 is 2.03. The molecule has 3 aromatic rings. The molecular weight excluding hydrogens is 162 g/mol. The van der Waals surface area contributed by atoms with E-state index in [1.54, 1.807) is 6.20 Å². The average Bonchev–Trinajstić information content (AvgIpc) is 2.56. The first kappa shape index (κ1) is 6.60. The third-order valence-corrected chi connectivity index (χ3v) is 2.11. The van der Waals surface area contributed by atoms with Gasteiger partial charge in [0.15, 0.2) is 0 Å². The van der Waals surface area contributed by atoms with E-state index in [9.17, 15) is 0 Å². The second kappa shape index (κ2) is 2.29. The Morgan fingerprint density at radius 1 is 1.15 bits per heavy atom. The van der Waals surface area contributed by atoms with Crippen molar-refractivity contribution < 1.29 is 0 Å². The smallest absolute Gasteiger partial charge is 0.137 e. The molecule has 0 spiro atoms. The molecule has 3 rings (SSSR count). The van der Waals surface area contributed by atoms with Crippen molar-refractivity contribution in [1.29, 1.82) is 0 Å². The molecule has 3 heteroatoms. The summed E-state index contributed by atoms with van der Waals surface area (Å²) in [5.41, 5.74) is 3.00. The molecular formula is C10H7N3. The van der Waals surface area contributed by atoms with E-state index in [-0.39, 0.29) is 0 Å². The zero-order chi connectivity index (χ0) is 8.67. The molecule has 0 bridgehead atoms. The molecule has 3 nitrogen and oxygen atoms in total. The summed E-state index contributed by atoms with van der Waals surface area (Å²) >= 11 is 0. The first-order valence-corrected chi connectivity index (χ1v) is 4.12. The SMILES string of the molecule is c1ccn2c(c1)nc1ccncc12. The zero-order valence-corrected chi connectivity index (χ0v) is 6.88. The van der Waals surface area contributed by atoms with E-state index in [1.807, 2.05) is 41.1 Å². The van der Waals surface area contributed by atoms with Gasteiger partial charge in [0.25, 0.3) is 0 Å². The van der Waals surface area contributed by atoms with Crippen LogP contribution >= 0.6 is 0 Å². The lowest BCUT2D eigenvalue weighted by Crippen LogP contribution is -1.81. The Bertz CT molecular complexity index is 518. The predicted molar refractivity (Wildman–Crippen MR) is 50.5 cm³/mol. The van der Waals surface area contributed by atoms with Gasteiger partial charge in [-0.1, -0.05) is 6.07 Å². The Hall–Kier alpha value is -1.90. The van der Waals surface area contributed by atoms with Crippen molar-refractivity contribution in [3.05, 3.63) is 42.9 Å². The van der Waals surface area contributed by atoms with E-state index in [0.717, 1.165) is 16.7 Å². The number of hydrogen-bond donors (Lipinski definition) is 0. The standard InChI is InChI=1S/C10H7N3/c1-2-6-13-9-7-11-5-4-8(9)12-10(13)3-1/h1-7H. The summed E-state index contributed by atoms with van der Waals surface area (Å²) in [6.07, 6.45) is 5.58. The lowest BCUT2D eigenvalue weighted by atomic mass is 10.4. The van der Waals surface area contributed by atoms with E-state index in [1.165, 1.54) is 0 Å². The maximum atomic E-state index is 4.44. The lowest BCUT2D eigenvalue weighted by Gasteiger charge is -1.91. The summed E-state index contributed by atoms with van der Waals surface area (Å²) in [6, 6.07) is 7.87. The fourth-order valence-corrected chi connectivity index (χ4v) is 1.51. The Morgan fingerprint density at radius 2 is 2.15 bits per heavy atom. The van der Waals surface area contributed by atoms with Crippen molar-refractivity contribution in [2.24, 2.45) is 0 Å². The number of fused-ring (bicyclic) bond motifs is 3. The van der Waals surface area contributed by atoms with Crippen LogP contribution in [0.3, 0.4) is 0 Å². The Kier molecular flexibility index (Phi) is 1.16. The van der Waals surface area contributed by atoms with Crippen molar-refractivity contribution in [1.82, 2.24) is 14.4 Å². The van der Waals surface area contributed by atoms with Crippen LogP contribution in [-0.2, 0) is 0 Å². The summed E-state index contributed by atoms with van der Waals surface area (Å²) in [5.74, 6) is 0. The molecule has 62 valence electrons. The molecule has 0 aliphatic heterocycles. The predicted octanol–water partition coefficient (Wildman–Crippen LogP) is 1.88. The van der Waals surface area contributed by atoms with Gasteiger partial charge < -0.3 is 0 Å². The normalized spacial score (nSPS) is 11.1. The van der Waals surface area contributed by atoms with Gasteiger partial charge in [-0.25, -0.2) is 4.98 Å². The van der Waals surface area contributed by atoms with Crippen LogP contribution in [0.2, 0.25) is 0 Å². The maximum Gasteiger partial charge on any atom is 0.137 e. The van der Waals surface area contributed by atoms with E-state index >= 15 is 0 Å². The molecule has 0 amide bonds. The lowest BCUT2D eigenvalue weighted by molar-refractivity contribution is 1.21. The third-order valence-electron chi connectivity index (χ3n) is 2.11. The second-order valence-corrected chi connectivity index (χ2v) is 2.91. The van der Waals surface area contributed by atoms with Crippen molar-refractivity contribution in [2.45, 2.75) is 0 Å². The largest absolute Gasteiger partial charge is 0.298 e. The van der Waals surface area contributed by atoms with Gasteiger partial charge in [0.1, 0.15) is 5.65 Å². The van der Waals surface area contributed by atoms with Crippen LogP contribution in [0.15, 0.2) is 42.9 Å². The molecule has 0 saturated carbocycles. The fraction of sp³-hybridized carbons (Fsp3) is 0. The first-order chi connectivity index (χ1) is 6.45.